The van der Waals surface area contributed by atoms with Crippen molar-refractivity contribution < 1.29 is 0 Å². The van der Waals surface area contributed by atoms with E-state index in [1.165, 1.54) is 27.7 Å². The van der Waals surface area contributed by atoms with Crippen LogP contribution in [0.4, 0.5) is 0 Å². The summed E-state index contributed by atoms with van der Waals surface area (Å²) < 4.78 is 0. The van der Waals surface area contributed by atoms with E-state index >= 15 is 0 Å². The number of rotatable bonds is 1. The predicted octanol–water partition coefficient (Wildman–Crippen LogP) is 4.06. The number of fused-ring (bicyclic) bond motifs is 3. The molecule has 100 valence electrons. The molecule has 0 bridgehead atoms. The highest BCUT2D eigenvalue weighted by Crippen LogP contribution is 2.35. The molecular formula is C17H15ClN2. The number of hydrogen-bond donors (Lipinski definition) is 2. The molecule has 0 saturated heterocycles. The highest BCUT2D eigenvalue weighted by Gasteiger charge is 2.25. The Morgan fingerprint density at radius 3 is 2.65 bits per heavy atom. The number of H-pyrrole nitrogens is 1. The Morgan fingerprint density at radius 1 is 1.00 bits per heavy atom. The lowest BCUT2D eigenvalue weighted by Gasteiger charge is -2.25. The van der Waals surface area contributed by atoms with Crippen molar-refractivity contribution in [2.75, 3.05) is 6.54 Å². The van der Waals surface area contributed by atoms with Crippen LogP contribution in [0.15, 0.2) is 48.5 Å². The van der Waals surface area contributed by atoms with Crippen molar-refractivity contribution in [2.45, 2.75) is 12.5 Å². The Labute approximate surface area is 122 Å². The van der Waals surface area contributed by atoms with Gasteiger partial charge < -0.3 is 10.3 Å². The van der Waals surface area contributed by atoms with Crippen LogP contribution in [-0.2, 0) is 6.42 Å². The molecule has 0 fully saturated rings. The summed E-state index contributed by atoms with van der Waals surface area (Å²) in [7, 11) is 0. The lowest BCUT2D eigenvalue weighted by atomic mass is 9.92. The van der Waals surface area contributed by atoms with Crippen LogP contribution in [-0.4, -0.2) is 11.5 Å². The van der Waals surface area contributed by atoms with Gasteiger partial charge in [-0.3, -0.25) is 0 Å². The topological polar surface area (TPSA) is 27.8 Å². The van der Waals surface area contributed by atoms with Crippen LogP contribution in [0.1, 0.15) is 22.9 Å². The van der Waals surface area contributed by atoms with Crippen LogP contribution in [0.5, 0.6) is 0 Å². The van der Waals surface area contributed by atoms with E-state index in [9.17, 15) is 0 Å². The van der Waals surface area contributed by atoms with Crippen LogP contribution in [0.3, 0.4) is 0 Å². The second-order valence-corrected chi connectivity index (χ2v) is 5.69. The van der Waals surface area contributed by atoms with Gasteiger partial charge in [-0.05, 0) is 23.8 Å². The van der Waals surface area contributed by atoms with E-state index in [2.05, 4.69) is 46.7 Å². The van der Waals surface area contributed by atoms with Crippen LogP contribution in [0, 0.1) is 0 Å². The van der Waals surface area contributed by atoms with Gasteiger partial charge in [0.1, 0.15) is 0 Å². The van der Waals surface area contributed by atoms with Crippen LogP contribution in [0.25, 0.3) is 10.9 Å². The molecule has 0 saturated carbocycles. The minimum absolute atomic E-state index is 0.243. The minimum Gasteiger partial charge on any atom is -0.358 e. The molecule has 0 spiro atoms. The summed E-state index contributed by atoms with van der Waals surface area (Å²) in [6, 6.07) is 16.9. The van der Waals surface area contributed by atoms with Gasteiger partial charge >= 0.3 is 0 Å². The zero-order chi connectivity index (χ0) is 13.5. The molecule has 3 aromatic rings. The minimum atomic E-state index is 0.243. The third kappa shape index (κ3) is 1.84. The number of hydrogen-bond acceptors (Lipinski definition) is 1. The number of para-hydroxylation sites is 1. The number of halogens is 1. The third-order valence-electron chi connectivity index (χ3n) is 4.04. The molecule has 2 aromatic carbocycles. The molecule has 2 N–H and O–H groups in total. The summed E-state index contributed by atoms with van der Waals surface area (Å²) in [6.45, 7) is 0.993. The van der Waals surface area contributed by atoms with Gasteiger partial charge in [0.05, 0.1) is 6.04 Å². The smallest absolute Gasteiger partial charge is 0.0600 e. The maximum absolute atomic E-state index is 6.00. The van der Waals surface area contributed by atoms with Crippen molar-refractivity contribution in [3.05, 3.63) is 70.4 Å². The normalized spacial score (nSPS) is 18.1. The van der Waals surface area contributed by atoms with Crippen LogP contribution < -0.4 is 5.32 Å². The van der Waals surface area contributed by atoms with Gasteiger partial charge in [0.15, 0.2) is 0 Å². The fourth-order valence-electron chi connectivity index (χ4n) is 3.13. The van der Waals surface area contributed by atoms with Crippen molar-refractivity contribution in [1.29, 1.82) is 0 Å². The average molecular weight is 283 g/mol. The Hall–Kier alpha value is -1.77. The van der Waals surface area contributed by atoms with Crippen molar-refractivity contribution in [1.82, 2.24) is 10.3 Å². The van der Waals surface area contributed by atoms with Gasteiger partial charge in [0.25, 0.3) is 0 Å². The standard InChI is InChI=1S/C17H15ClN2/c18-12-7-5-11(6-8-12)17-16-13-3-1-2-4-14(13)20-15(16)9-10-19-17/h1-8,17,19-20H,9-10H2/t17-/m1/s1. The number of aromatic nitrogens is 1. The number of benzene rings is 2. The second-order valence-electron chi connectivity index (χ2n) is 5.25. The van der Waals surface area contributed by atoms with Crippen molar-refractivity contribution in [2.24, 2.45) is 0 Å². The zero-order valence-electron chi connectivity index (χ0n) is 11.0. The molecule has 20 heavy (non-hydrogen) atoms. The summed E-state index contributed by atoms with van der Waals surface area (Å²) >= 11 is 6.00. The summed E-state index contributed by atoms with van der Waals surface area (Å²) in [5.41, 5.74) is 5.22. The molecule has 4 rings (SSSR count). The molecule has 1 atom stereocenters. The maximum Gasteiger partial charge on any atom is 0.0600 e. The van der Waals surface area contributed by atoms with E-state index in [1.54, 1.807) is 0 Å². The molecular weight excluding hydrogens is 268 g/mol. The molecule has 0 amide bonds. The van der Waals surface area contributed by atoms with Crippen molar-refractivity contribution >= 4 is 22.5 Å². The fraction of sp³-hybridized carbons (Fsp3) is 0.176. The summed E-state index contributed by atoms with van der Waals surface area (Å²) in [6.07, 6.45) is 1.05. The Morgan fingerprint density at radius 2 is 1.80 bits per heavy atom. The SMILES string of the molecule is Clc1ccc([C@H]2NCCc3[nH]c4ccccc4c32)cc1. The fourth-order valence-corrected chi connectivity index (χ4v) is 3.26. The average Bonchev–Trinajstić information content (AvgIpc) is 2.86. The summed E-state index contributed by atoms with van der Waals surface area (Å²) in [4.78, 5) is 3.56. The van der Waals surface area contributed by atoms with E-state index in [4.69, 9.17) is 11.6 Å². The van der Waals surface area contributed by atoms with E-state index in [-0.39, 0.29) is 6.04 Å². The van der Waals surface area contributed by atoms with Gasteiger partial charge in [-0.15, -0.1) is 0 Å². The van der Waals surface area contributed by atoms with Gasteiger partial charge in [-0.2, -0.15) is 0 Å². The monoisotopic (exact) mass is 282 g/mol. The highest BCUT2D eigenvalue weighted by atomic mass is 35.5. The first-order valence-corrected chi connectivity index (χ1v) is 7.29. The Kier molecular flexibility index (Phi) is 2.79. The quantitative estimate of drug-likeness (QED) is 0.692. The van der Waals surface area contributed by atoms with E-state index < -0.39 is 0 Å². The van der Waals surface area contributed by atoms with Crippen LogP contribution in [0.2, 0.25) is 5.02 Å². The molecule has 2 nitrogen and oxygen atoms in total. The lowest BCUT2D eigenvalue weighted by molar-refractivity contribution is 0.567. The Balaban J connectivity index is 1.90. The number of nitrogens with one attached hydrogen (secondary N) is 2. The van der Waals surface area contributed by atoms with Gasteiger partial charge in [0.2, 0.25) is 0 Å². The predicted molar refractivity (Wildman–Crippen MR) is 83.3 cm³/mol. The van der Waals surface area contributed by atoms with E-state index in [0.29, 0.717) is 0 Å². The molecule has 0 radical (unpaired) electrons. The second kappa shape index (κ2) is 4.65. The summed E-state index contributed by atoms with van der Waals surface area (Å²) in [5.74, 6) is 0. The van der Waals surface area contributed by atoms with Crippen LogP contribution >= 0.6 is 11.6 Å². The van der Waals surface area contributed by atoms with E-state index in [1.807, 2.05) is 12.1 Å². The molecule has 0 aliphatic carbocycles. The molecule has 2 heterocycles. The van der Waals surface area contributed by atoms with Crippen molar-refractivity contribution in [3.8, 4) is 0 Å². The highest BCUT2D eigenvalue weighted by molar-refractivity contribution is 6.30. The van der Waals surface area contributed by atoms with E-state index in [0.717, 1.165) is 18.0 Å². The Bertz CT molecular complexity index is 758. The molecule has 3 heteroatoms. The summed E-state index contributed by atoms with van der Waals surface area (Å²) in [5, 5.41) is 5.72. The van der Waals surface area contributed by atoms with Crippen molar-refractivity contribution in [3.63, 3.8) is 0 Å². The lowest BCUT2D eigenvalue weighted by Crippen LogP contribution is -2.30. The largest absolute Gasteiger partial charge is 0.358 e. The molecule has 1 aliphatic rings. The number of aromatic amines is 1. The maximum atomic E-state index is 6.00. The van der Waals surface area contributed by atoms with Gasteiger partial charge in [0, 0.05) is 40.1 Å². The molecule has 0 unspecified atom stereocenters. The van der Waals surface area contributed by atoms with Gasteiger partial charge in [-0.1, -0.05) is 41.9 Å². The van der Waals surface area contributed by atoms with Gasteiger partial charge in [-0.25, -0.2) is 0 Å². The molecule has 1 aromatic heterocycles. The molecule has 1 aliphatic heterocycles. The first kappa shape index (κ1) is 12.0. The zero-order valence-corrected chi connectivity index (χ0v) is 11.7. The first-order valence-electron chi connectivity index (χ1n) is 6.91. The first-order chi connectivity index (χ1) is 9.83. The third-order valence-corrected chi connectivity index (χ3v) is 4.30.